The van der Waals surface area contributed by atoms with Gasteiger partial charge in [0, 0.05) is 28.3 Å². The lowest BCUT2D eigenvalue weighted by atomic mass is 10.0. The fourth-order valence-electron chi connectivity index (χ4n) is 2.98. The average molecular weight is 395 g/mol. The molecule has 9 heteroatoms. The summed E-state index contributed by atoms with van der Waals surface area (Å²) in [7, 11) is 0. The van der Waals surface area contributed by atoms with Crippen molar-refractivity contribution in [3.05, 3.63) is 75.3 Å². The van der Waals surface area contributed by atoms with Crippen LogP contribution >= 0.6 is 11.6 Å². The summed E-state index contributed by atoms with van der Waals surface area (Å²) >= 11 is 6.21. The first-order valence-corrected chi connectivity index (χ1v) is 8.45. The first-order valence-electron chi connectivity index (χ1n) is 8.08. The van der Waals surface area contributed by atoms with Gasteiger partial charge in [-0.25, -0.2) is 9.78 Å². The second-order valence-electron chi connectivity index (χ2n) is 5.94. The van der Waals surface area contributed by atoms with E-state index in [1.54, 1.807) is 30.3 Å². The molecule has 8 nitrogen and oxygen atoms in total. The molecule has 4 rings (SSSR count). The van der Waals surface area contributed by atoms with Crippen LogP contribution in [0.3, 0.4) is 0 Å². The topological polar surface area (TPSA) is 122 Å². The summed E-state index contributed by atoms with van der Waals surface area (Å²) in [6.07, 6.45) is 0. The number of benzene rings is 2. The number of aromatic amines is 1. The number of aromatic carboxylic acids is 1. The van der Waals surface area contributed by atoms with Crippen LogP contribution in [-0.4, -0.2) is 31.2 Å². The Bertz CT molecular complexity index is 1250. The Kier molecular flexibility index (Phi) is 4.25. The van der Waals surface area contributed by atoms with E-state index in [1.165, 1.54) is 24.3 Å². The van der Waals surface area contributed by atoms with Crippen molar-refractivity contribution < 1.29 is 14.8 Å². The lowest BCUT2D eigenvalue weighted by Gasteiger charge is -2.07. The largest absolute Gasteiger partial charge is 0.478 e. The Hall–Kier alpha value is -3.78. The molecule has 0 aliphatic rings. The van der Waals surface area contributed by atoms with Crippen LogP contribution < -0.4 is 0 Å². The van der Waals surface area contributed by atoms with Crippen molar-refractivity contribution >= 4 is 34.3 Å². The smallest absolute Gasteiger partial charge is 0.336 e. The summed E-state index contributed by atoms with van der Waals surface area (Å²) in [6, 6.07) is 14.2. The third kappa shape index (κ3) is 2.95. The zero-order valence-corrected chi connectivity index (χ0v) is 14.8. The third-order valence-electron chi connectivity index (χ3n) is 4.25. The summed E-state index contributed by atoms with van der Waals surface area (Å²) in [5.41, 5.74) is 1.76. The summed E-state index contributed by atoms with van der Waals surface area (Å²) in [5, 5.41) is 28.4. The molecule has 2 N–H and O–H groups in total. The maximum atomic E-state index is 11.9. The highest BCUT2D eigenvalue weighted by atomic mass is 35.5. The number of nitro benzene ring substituents is 1. The predicted molar refractivity (Wildman–Crippen MR) is 103 cm³/mol. The molecular weight excluding hydrogens is 384 g/mol. The number of non-ortho nitro benzene ring substituents is 1. The van der Waals surface area contributed by atoms with Gasteiger partial charge in [0.15, 0.2) is 5.65 Å². The van der Waals surface area contributed by atoms with Gasteiger partial charge in [-0.05, 0) is 12.1 Å². The minimum atomic E-state index is -1.17. The van der Waals surface area contributed by atoms with Crippen molar-refractivity contribution in [2.45, 2.75) is 0 Å². The number of hydrogen-bond donors (Lipinski definition) is 2. The van der Waals surface area contributed by atoms with E-state index in [9.17, 15) is 20.0 Å². The monoisotopic (exact) mass is 394 g/mol. The molecule has 4 aromatic rings. The van der Waals surface area contributed by atoms with E-state index in [2.05, 4.69) is 15.2 Å². The molecule has 0 bridgehead atoms. The molecule has 138 valence electrons. The van der Waals surface area contributed by atoms with Gasteiger partial charge in [-0.1, -0.05) is 41.9 Å². The number of carboxylic acid groups (broad SMARTS) is 1. The highest BCUT2D eigenvalue weighted by Gasteiger charge is 2.21. The van der Waals surface area contributed by atoms with E-state index in [1.807, 2.05) is 0 Å². The fraction of sp³-hybridized carbons (Fsp3) is 0. The second kappa shape index (κ2) is 6.75. The Morgan fingerprint density at radius 2 is 1.93 bits per heavy atom. The number of rotatable bonds is 4. The molecule has 0 radical (unpaired) electrons. The van der Waals surface area contributed by atoms with Crippen molar-refractivity contribution in [3.8, 4) is 22.5 Å². The number of aromatic nitrogens is 3. The van der Waals surface area contributed by atoms with Gasteiger partial charge >= 0.3 is 5.97 Å². The van der Waals surface area contributed by atoms with E-state index in [4.69, 9.17) is 11.6 Å². The SMILES string of the molecule is O=C(O)c1cc(-c2ccccc2Cl)nc2n[nH]c(-c3cccc([N+](=O)[O-])c3)c12. The molecule has 0 saturated heterocycles. The number of pyridine rings is 1. The molecule has 2 heterocycles. The zero-order chi connectivity index (χ0) is 19.8. The number of carboxylic acids is 1. The number of halogens is 1. The molecule has 0 amide bonds. The highest BCUT2D eigenvalue weighted by Crippen LogP contribution is 2.34. The number of hydrogen-bond acceptors (Lipinski definition) is 5. The van der Waals surface area contributed by atoms with Crippen LogP contribution in [0.2, 0.25) is 5.02 Å². The number of nitro groups is 1. The van der Waals surface area contributed by atoms with Gasteiger partial charge in [0.2, 0.25) is 0 Å². The number of H-pyrrole nitrogens is 1. The van der Waals surface area contributed by atoms with Crippen molar-refractivity contribution in [1.82, 2.24) is 15.2 Å². The number of carbonyl (C=O) groups is 1. The lowest BCUT2D eigenvalue weighted by Crippen LogP contribution is -2.00. The second-order valence-corrected chi connectivity index (χ2v) is 6.35. The molecule has 0 unspecified atom stereocenters. The fourth-order valence-corrected chi connectivity index (χ4v) is 3.22. The summed E-state index contributed by atoms with van der Waals surface area (Å²) in [6.45, 7) is 0. The maximum absolute atomic E-state index is 11.9. The Balaban J connectivity index is 1.97. The van der Waals surface area contributed by atoms with Crippen LogP contribution in [0.25, 0.3) is 33.5 Å². The van der Waals surface area contributed by atoms with Crippen LogP contribution in [0.5, 0.6) is 0 Å². The molecule has 0 saturated carbocycles. The van der Waals surface area contributed by atoms with E-state index in [-0.39, 0.29) is 22.3 Å². The van der Waals surface area contributed by atoms with Gasteiger partial charge in [0.25, 0.3) is 5.69 Å². The van der Waals surface area contributed by atoms with E-state index < -0.39 is 10.9 Å². The third-order valence-corrected chi connectivity index (χ3v) is 4.58. The Morgan fingerprint density at radius 3 is 2.64 bits per heavy atom. The standard InChI is InChI=1S/C19H11ClN4O4/c20-14-7-2-1-6-12(14)15-9-13(19(25)26)16-17(22-23-18(16)21-15)10-4-3-5-11(8-10)24(27)28/h1-9H,(H,25,26)(H,21,22,23). The van der Waals surface area contributed by atoms with E-state index in [0.29, 0.717) is 27.5 Å². The molecule has 2 aromatic heterocycles. The van der Waals surface area contributed by atoms with Crippen molar-refractivity contribution in [2.75, 3.05) is 0 Å². The zero-order valence-electron chi connectivity index (χ0n) is 14.1. The molecule has 0 fully saturated rings. The summed E-state index contributed by atoms with van der Waals surface area (Å²) in [4.78, 5) is 26.9. The van der Waals surface area contributed by atoms with Gasteiger partial charge in [-0.15, -0.1) is 0 Å². The van der Waals surface area contributed by atoms with Crippen molar-refractivity contribution in [2.24, 2.45) is 0 Å². The van der Waals surface area contributed by atoms with Crippen LogP contribution in [-0.2, 0) is 0 Å². The molecule has 0 spiro atoms. The average Bonchev–Trinajstić information content (AvgIpc) is 3.11. The Morgan fingerprint density at radius 1 is 1.14 bits per heavy atom. The van der Waals surface area contributed by atoms with Crippen molar-refractivity contribution in [3.63, 3.8) is 0 Å². The predicted octanol–water partition coefficient (Wildman–Crippen LogP) is 4.55. The van der Waals surface area contributed by atoms with Crippen LogP contribution in [0.4, 0.5) is 5.69 Å². The summed E-state index contributed by atoms with van der Waals surface area (Å²) < 4.78 is 0. The minimum absolute atomic E-state index is 0.0322. The summed E-state index contributed by atoms with van der Waals surface area (Å²) in [5.74, 6) is -1.17. The van der Waals surface area contributed by atoms with Crippen molar-refractivity contribution in [1.29, 1.82) is 0 Å². The van der Waals surface area contributed by atoms with Gasteiger partial charge < -0.3 is 5.11 Å². The molecule has 0 aliphatic carbocycles. The number of nitrogens with zero attached hydrogens (tertiary/aromatic N) is 3. The number of fused-ring (bicyclic) bond motifs is 1. The minimum Gasteiger partial charge on any atom is -0.478 e. The Labute approximate surface area is 162 Å². The highest BCUT2D eigenvalue weighted by molar-refractivity contribution is 6.33. The van der Waals surface area contributed by atoms with Crippen LogP contribution in [0, 0.1) is 10.1 Å². The quantitative estimate of drug-likeness (QED) is 0.386. The van der Waals surface area contributed by atoms with Crippen LogP contribution in [0.15, 0.2) is 54.6 Å². The molecule has 0 atom stereocenters. The van der Waals surface area contributed by atoms with E-state index in [0.717, 1.165) is 0 Å². The molecule has 0 aliphatic heterocycles. The molecular formula is C19H11ClN4O4. The molecule has 2 aromatic carbocycles. The maximum Gasteiger partial charge on any atom is 0.336 e. The van der Waals surface area contributed by atoms with Gasteiger partial charge in [-0.3, -0.25) is 15.2 Å². The van der Waals surface area contributed by atoms with Crippen LogP contribution in [0.1, 0.15) is 10.4 Å². The van der Waals surface area contributed by atoms with Gasteiger partial charge in [0.05, 0.1) is 27.3 Å². The normalized spacial score (nSPS) is 10.9. The first-order chi connectivity index (χ1) is 13.5. The van der Waals surface area contributed by atoms with Gasteiger partial charge in [0.1, 0.15) is 0 Å². The van der Waals surface area contributed by atoms with Gasteiger partial charge in [-0.2, -0.15) is 5.10 Å². The lowest BCUT2D eigenvalue weighted by molar-refractivity contribution is -0.384. The van der Waals surface area contributed by atoms with E-state index >= 15 is 0 Å². The first kappa shape index (κ1) is 17.6. The molecule has 28 heavy (non-hydrogen) atoms. The number of nitrogens with one attached hydrogen (secondary N) is 1.